The number of pyridine rings is 1. The van der Waals surface area contributed by atoms with Gasteiger partial charge in [-0.1, -0.05) is 43.3 Å². The highest BCUT2D eigenvalue weighted by Crippen LogP contribution is 2.23. The van der Waals surface area contributed by atoms with E-state index in [2.05, 4.69) is 59.7 Å². The van der Waals surface area contributed by atoms with E-state index in [1.165, 1.54) is 21.9 Å². The van der Waals surface area contributed by atoms with E-state index in [1.807, 2.05) is 18.5 Å². The van der Waals surface area contributed by atoms with Crippen LogP contribution < -0.4 is 5.32 Å². The normalized spacial score (nSPS) is 10.7. The number of hydrogen-bond donors (Lipinski definition) is 1. The summed E-state index contributed by atoms with van der Waals surface area (Å²) in [5, 5.41) is 5.93. The predicted octanol–water partition coefficient (Wildman–Crippen LogP) is 4.41. The van der Waals surface area contributed by atoms with E-state index >= 15 is 0 Å². The van der Waals surface area contributed by atoms with E-state index in [0.717, 1.165) is 18.7 Å². The molecule has 0 unspecified atom stereocenters. The first-order valence-corrected chi connectivity index (χ1v) is 7.02. The Morgan fingerprint density at radius 3 is 2.65 bits per heavy atom. The van der Waals surface area contributed by atoms with Crippen LogP contribution in [0.15, 0.2) is 60.9 Å². The molecule has 2 heteroatoms. The van der Waals surface area contributed by atoms with E-state index in [-0.39, 0.29) is 0 Å². The van der Waals surface area contributed by atoms with Gasteiger partial charge in [0.25, 0.3) is 0 Å². The Kier molecular flexibility index (Phi) is 3.64. The van der Waals surface area contributed by atoms with Crippen LogP contribution in [0.4, 0.5) is 5.69 Å². The lowest BCUT2D eigenvalue weighted by molar-refractivity contribution is 1.05. The topological polar surface area (TPSA) is 24.9 Å². The summed E-state index contributed by atoms with van der Waals surface area (Å²) >= 11 is 0. The molecule has 0 fully saturated rings. The maximum Gasteiger partial charge on any atom is 0.0438 e. The molecule has 20 heavy (non-hydrogen) atoms. The highest BCUT2D eigenvalue weighted by atomic mass is 14.9. The molecule has 3 rings (SSSR count). The molecule has 0 saturated carbocycles. The zero-order valence-corrected chi connectivity index (χ0v) is 11.6. The van der Waals surface area contributed by atoms with Gasteiger partial charge in [-0.05, 0) is 35.1 Å². The highest BCUT2D eigenvalue weighted by molar-refractivity contribution is 5.93. The summed E-state index contributed by atoms with van der Waals surface area (Å²) < 4.78 is 0. The SMILES string of the molecule is CCc1ccccc1CNc1cccc2ccncc12. The summed E-state index contributed by atoms with van der Waals surface area (Å²) in [5.41, 5.74) is 3.90. The van der Waals surface area contributed by atoms with E-state index in [9.17, 15) is 0 Å². The lowest BCUT2D eigenvalue weighted by Crippen LogP contribution is -2.02. The van der Waals surface area contributed by atoms with Crippen LogP contribution in [0.25, 0.3) is 10.8 Å². The third kappa shape index (κ3) is 2.50. The molecule has 0 aliphatic rings. The number of aromatic nitrogens is 1. The molecule has 0 amide bonds. The summed E-state index contributed by atoms with van der Waals surface area (Å²) in [6.45, 7) is 3.04. The lowest BCUT2D eigenvalue weighted by Gasteiger charge is -2.12. The Labute approximate surface area is 119 Å². The molecule has 1 N–H and O–H groups in total. The van der Waals surface area contributed by atoms with E-state index < -0.39 is 0 Å². The lowest BCUT2D eigenvalue weighted by atomic mass is 10.0. The van der Waals surface area contributed by atoms with Gasteiger partial charge in [0, 0.05) is 30.0 Å². The second-order valence-electron chi connectivity index (χ2n) is 4.88. The number of hydrogen-bond acceptors (Lipinski definition) is 2. The van der Waals surface area contributed by atoms with Crippen LogP contribution in [-0.2, 0) is 13.0 Å². The predicted molar refractivity (Wildman–Crippen MR) is 84.9 cm³/mol. The average molecular weight is 262 g/mol. The van der Waals surface area contributed by atoms with E-state index in [0.29, 0.717) is 0 Å². The minimum Gasteiger partial charge on any atom is -0.380 e. The van der Waals surface area contributed by atoms with Gasteiger partial charge in [-0.25, -0.2) is 0 Å². The van der Waals surface area contributed by atoms with Crippen LogP contribution in [0.1, 0.15) is 18.1 Å². The van der Waals surface area contributed by atoms with Crippen LogP contribution >= 0.6 is 0 Å². The van der Waals surface area contributed by atoms with Gasteiger partial charge in [-0.2, -0.15) is 0 Å². The first-order chi connectivity index (χ1) is 9.88. The van der Waals surface area contributed by atoms with Gasteiger partial charge in [0.1, 0.15) is 0 Å². The van der Waals surface area contributed by atoms with Crippen molar-refractivity contribution in [2.45, 2.75) is 19.9 Å². The molecule has 0 saturated heterocycles. The number of nitrogens with zero attached hydrogens (tertiary/aromatic N) is 1. The third-order valence-corrected chi connectivity index (χ3v) is 3.65. The first kappa shape index (κ1) is 12.7. The Hall–Kier alpha value is -2.35. The number of fused-ring (bicyclic) bond motifs is 1. The summed E-state index contributed by atoms with van der Waals surface area (Å²) in [6.07, 6.45) is 4.82. The molecule has 1 heterocycles. The van der Waals surface area contributed by atoms with Gasteiger partial charge in [0.2, 0.25) is 0 Å². The van der Waals surface area contributed by atoms with Crippen molar-refractivity contribution >= 4 is 16.5 Å². The fraction of sp³-hybridized carbons (Fsp3) is 0.167. The second-order valence-corrected chi connectivity index (χ2v) is 4.88. The van der Waals surface area contributed by atoms with E-state index in [1.54, 1.807) is 0 Å². The fourth-order valence-corrected chi connectivity index (χ4v) is 2.53. The van der Waals surface area contributed by atoms with Crippen LogP contribution in [0.3, 0.4) is 0 Å². The van der Waals surface area contributed by atoms with Crippen molar-refractivity contribution in [1.29, 1.82) is 0 Å². The van der Waals surface area contributed by atoms with Gasteiger partial charge in [0.15, 0.2) is 0 Å². The standard InChI is InChI=1S/C18H18N2/c1-2-14-6-3-4-7-16(14)12-20-18-9-5-8-15-10-11-19-13-17(15)18/h3-11,13,20H,2,12H2,1H3. The fourth-order valence-electron chi connectivity index (χ4n) is 2.53. The molecule has 2 nitrogen and oxygen atoms in total. The zero-order valence-electron chi connectivity index (χ0n) is 11.6. The average Bonchev–Trinajstić information content (AvgIpc) is 2.53. The van der Waals surface area contributed by atoms with Gasteiger partial charge in [-0.3, -0.25) is 4.98 Å². The monoisotopic (exact) mass is 262 g/mol. The number of benzene rings is 2. The van der Waals surface area contributed by atoms with Gasteiger partial charge >= 0.3 is 0 Å². The Morgan fingerprint density at radius 1 is 0.950 bits per heavy atom. The second kappa shape index (κ2) is 5.74. The number of nitrogens with one attached hydrogen (secondary N) is 1. The van der Waals surface area contributed by atoms with Crippen molar-refractivity contribution in [2.24, 2.45) is 0 Å². The molecule has 0 radical (unpaired) electrons. The summed E-state index contributed by atoms with van der Waals surface area (Å²) in [5.74, 6) is 0. The molecule has 0 aliphatic heterocycles. The van der Waals surface area contributed by atoms with Crippen molar-refractivity contribution in [3.63, 3.8) is 0 Å². The summed E-state index contributed by atoms with van der Waals surface area (Å²) in [7, 11) is 0. The number of anilines is 1. The number of aryl methyl sites for hydroxylation is 1. The molecular weight excluding hydrogens is 244 g/mol. The van der Waals surface area contributed by atoms with Crippen molar-refractivity contribution in [2.75, 3.05) is 5.32 Å². The van der Waals surface area contributed by atoms with Gasteiger partial charge in [0.05, 0.1) is 0 Å². The van der Waals surface area contributed by atoms with Crippen LogP contribution in [0.2, 0.25) is 0 Å². The largest absolute Gasteiger partial charge is 0.380 e. The molecule has 0 bridgehead atoms. The molecule has 3 aromatic rings. The quantitative estimate of drug-likeness (QED) is 0.753. The number of rotatable bonds is 4. The Bertz CT molecular complexity index is 714. The van der Waals surface area contributed by atoms with Crippen molar-refractivity contribution < 1.29 is 0 Å². The van der Waals surface area contributed by atoms with Crippen molar-refractivity contribution in [3.05, 3.63) is 72.1 Å². The minimum atomic E-state index is 0.845. The maximum absolute atomic E-state index is 4.22. The van der Waals surface area contributed by atoms with Crippen molar-refractivity contribution in [1.82, 2.24) is 4.98 Å². The minimum absolute atomic E-state index is 0.845. The third-order valence-electron chi connectivity index (χ3n) is 3.65. The zero-order chi connectivity index (χ0) is 13.8. The smallest absolute Gasteiger partial charge is 0.0438 e. The summed E-state index contributed by atoms with van der Waals surface area (Å²) in [4.78, 5) is 4.22. The molecule has 2 aromatic carbocycles. The maximum atomic E-state index is 4.22. The molecule has 1 aromatic heterocycles. The van der Waals surface area contributed by atoms with E-state index in [4.69, 9.17) is 0 Å². The van der Waals surface area contributed by atoms with Crippen LogP contribution in [0, 0.1) is 0 Å². The Balaban J connectivity index is 1.87. The summed E-state index contributed by atoms with van der Waals surface area (Å²) in [6, 6.07) is 16.9. The molecule has 0 atom stereocenters. The van der Waals surface area contributed by atoms with Gasteiger partial charge < -0.3 is 5.32 Å². The Morgan fingerprint density at radius 2 is 1.80 bits per heavy atom. The van der Waals surface area contributed by atoms with Crippen LogP contribution in [-0.4, -0.2) is 4.98 Å². The first-order valence-electron chi connectivity index (χ1n) is 7.02. The highest BCUT2D eigenvalue weighted by Gasteiger charge is 2.02. The molecule has 100 valence electrons. The molecule has 0 aliphatic carbocycles. The molecule has 0 spiro atoms. The molecular formula is C18H18N2. The van der Waals surface area contributed by atoms with Crippen LogP contribution in [0.5, 0.6) is 0 Å². The van der Waals surface area contributed by atoms with Gasteiger partial charge in [-0.15, -0.1) is 0 Å². The van der Waals surface area contributed by atoms with Crippen molar-refractivity contribution in [3.8, 4) is 0 Å².